The van der Waals surface area contributed by atoms with E-state index in [2.05, 4.69) is 14.7 Å². The molecule has 6 nitrogen and oxygen atoms in total. The van der Waals surface area contributed by atoms with Crippen LogP contribution in [0.25, 0.3) is 10.9 Å². The van der Waals surface area contributed by atoms with Crippen molar-refractivity contribution in [2.45, 2.75) is 31.9 Å². The molecule has 0 radical (unpaired) electrons. The molecule has 1 aromatic carbocycles. The summed E-state index contributed by atoms with van der Waals surface area (Å²) in [5.41, 5.74) is 5.94. The molecule has 2 heterocycles. The summed E-state index contributed by atoms with van der Waals surface area (Å²) in [5.74, 6) is -0.487. The van der Waals surface area contributed by atoms with Crippen LogP contribution in [0.4, 0.5) is 32.2 Å². The topological polar surface area (TPSA) is 81.3 Å². The van der Waals surface area contributed by atoms with Gasteiger partial charge in [0.2, 0.25) is 0 Å². The smallest absolute Gasteiger partial charge is 0.383 e. The van der Waals surface area contributed by atoms with Gasteiger partial charge in [0.25, 0.3) is 5.91 Å². The van der Waals surface area contributed by atoms with Gasteiger partial charge in [0.15, 0.2) is 6.10 Å². The van der Waals surface area contributed by atoms with Crippen molar-refractivity contribution < 1.29 is 35.9 Å². The molecular weight excluding hydrogens is 466 g/mol. The van der Waals surface area contributed by atoms with Crippen LogP contribution >= 0.6 is 0 Å². The normalized spacial score (nSPS) is 13.2. The molecule has 1 atom stereocenters. The SMILES string of the molecule is CO[C@@H](CN(Cc1ccc(C(F)(F)F)cn1)C(=O)c1ccc2nc(N)c(C)cc2c1)C(F)(F)F. The summed E-state index contributed by atoms with van der Waals surface area (Å²) in [5, 5.41) is 0.546. The van der Waals surface area contributed by atoms with E-state index >= 15 is 0 Å². The van der Waals surface area contributed by atoms with Gasteiger partial charge < -0.3 is 15.4 Å². The number of ether oxygens (including phenoxy) is 1. The second-order valence-electron chi connectivity index (χ2n) is 7.59. The van der Waals surface area contributed by atoms with Gasteiger partial charge in [-0.2, -0.15) is 26.3 Å². The molecule has 12 heteroatoms. The van der Waals surface area contributed by atoms with Crippen molar-refractivity contribution in [1.29, 1.82) is 0 Å². The molecule has 2 N–H and O–H groups in total. The fourth-order valence-electron chi connectivity index (χ4n) is 3.23. The zero-order valence-corrected chi connectivity index (χ0v) is 18.0. The number of methoxy groups -OCH3 is 1. The van der Waals surface area contributed by atoms with Gasteiger partial charge in [0, 0.05) is 24.3 Å². The highest BCUT2D eigenvalue weighted by Crippen LogP contribution is 2.29. The lowest BCUT2D eigenvalue weighted by atomic mass is 10.1. The Morgan fingerprint density at radius 1 is 1.12 bits per heavy atom. The van der Waals surface area contributed by atoms with Crippen LogP contribution < -0.4 is 5.73 Å². The molecule has 1 amide bonds. The minimum Gasteiger partial charge on any atom is -0.383 e. The van der Waals surface area contributed by atoms with Crippen molar-refractivity contribution in [3.8, 4) is 0 Å². The summed E-state index contributed by atoms with van der Waals surface area (Å²) < 4.78 is 82.9. The molecule has 2 aromatic heterocycles. The summed E-state index contributed by atoms with van der Waals surface area (Å²) in [6, 6.07) is 7.79. The Morgan fingerprint density at radius 2 is 1.82 bits per heavy atom. The Labute approximate surface area is 190 Å². The summed E-state index contributed by atoms with van der Waals surface area (Å²) in [4.78, 5) is 21.9. The van der Waals surface area contributed by atoms with E-state index in [0.29, 0.717) is 28.5 Å². The van der Waals surface area contributed by atoms with Gasteiger partial charge in [0.1, 0.15) is 5.82 Å². The van der Waals surface area contributed by atoms with Gasteiger partial charge in [-0.3, -0.25) is 9.78 Å². The lowest BCUT2D eigenvalue weighted by Gasteiger charge is -2.28. The van der Waals surface area contributed by atoms with Gasteiger partial charge in [-0.05, 0) is 48.9 Å². The molecule has 0 aliphatic heterocycles. The first-order valence-corrected chi connectivity index (χ1v) is 9.87. The van der Waals surface area contributed by atoms with Crippen molar-refractivity contribution in [1.82, 2.24) is 14.9 Å². The molecule has 182 valence electrons. The number of amides is 1. The van der Waals surface area contributed by atoms with Crippen LogP contribution in [0.2, 0.25) is 0 Å². The molecule has 34 heavy (non-hydrogen) atoms. The number of nitrogens with zero attached hydrogens (tertiary/aromatic N) is 3. The van der Waals surface area contributed by atoms with Crippen molar-refractivity contribution in [2.24, 2.45) is 0 Å². The maximum Gasteiger partial charge on any atom is 0.417 e. The van der Waals surface area contributed by atoms with Gasteiger partial charge in [-0.1, -0.05) is 0 Å². The van der Waals surface area contributed by atoms with Crippen molar-refractivity contribution in [3.05, 3.63) is 65.0 Å². The van der Waals surface area contributed by atoms with Gasteiger partial charge in [-0.25, -0.2) is 4.98 Å². The van der Waals surface area contributed by atoms with Crippen LogP contribution in [0.3, 0.4) is 0 Å². The van der Waals surface area contributed by atoms with Crippen LogP contribution in [0.15, 0.2) is 42.6 Å². The molecule has 0 unspecified atom stereocenters. The van der Waals surface area contributed by atoms with E-state index in [1.165, 1.54) is 18.2 Å². The zero-order valence-electron chi connectivity index (χ0n) is 18.0. The maximum atomic E-state index is 13.3. The van der Waals surface area contributed by atoms with Gasteiger partial charge in [-0.15, -0.1) is 0 Å². The molecule has 3 rings (SSSR count). The van der Waals surface area contributed by atoms with Gasteiger partial charge in [0.05, 0.1) is 29.9 Å². The van der Waals surface area contributed by atoms with E-state index in [4.69, 9.17) is 5.73 Å². The summed E-state index contributed by atoms with van der Waals surface area (Å²) in [6.07, 6.45) is -11.2. The number of pyridine rings is 2. The largest absolute Gasteiger partial charge is 0.417 e. The van der Waals surface area contributed by atoms with E-state index in [9.17, 15) is 31.1 Å². The van der Waals surface area contributed by atoms with Crippen LogP contribution in [0.1, 0.15) is 27.2 Å². The average Bonchev–Trinajstić information content (AvgIpc) is 2.75. The molecule has 0 bridgehead atoms. The Kier molecular flexibility index (Phi) is 7.01. The number of carbonyl (C=O) groups excluding carboxylic acids is 1. The Bertz CT molecular complexity index is 1180. The second kappa shape index (κ2) is 9.45. The monoisotopic (exact) mass is 486 g/mol. The fourth-order valence-corrected chi connectivity index (χ4v) is 3.23. The van der Waals surface area contributed by atoms with Crippen LogP contribution in [-0.4, -0.2) is 46.7 Å². The molecule has 0 aliphatic rings. The Balaban J connectivity index is 1.96. The number of benzene rings is 1. The highest BCUT2D eigenvalue weighted by molar-refractivity contribution is 5.98. The van der Waals surface area contributed by atoms with Crippen LogP contribution in [0, 0.1) is 6.92 Å². The molecule has 3 aromatic rings. The number of aryl methyl sites for hydroxylation is 1. The standard InChI is InChI=1S/C22H20F6N4O2/c1-12-7-14-8-13(3-6-17(14)31-19(12)29)20(33)32(11-18(34-2)22(26,27)28)10-16-5-4-15(9-30-16)21(23,24)25/h3-9,18H,10-11H2,1-2H3,(H2,29,31)/t18-/m0/s1. The van der Waals surface area contributed by atoms with Crippen molar-refractivity contribution >= 4 is 22.6 Å². The van der Waals surface area contributed by atoms with Crippen molar-refractivity contribution in [2.75, 3.05) is 19.4 Å². The quantitative estimate of drug-likeness (QED) is 0.509. The number of fused-ring (bicyclic) bond motifs is 1. The summed E-state index contributed by atoms with van der Waals surface area (Å²) in [6.45, 7) is 0.355. The van der Waals surface area contributed by atoms with Crippen LogP contribution in [-0.2, 0) is 17.5 Å². The molecule has 0 saturated heterocycles. The lowest BCUT2D eigenvalue weighted by Crippen LogP contribution is -2.44. The minimum absolute atomic E-state index is 0.0237. The number of anilines is 1. The number of rotatable bonds is 6. The third-order valence-electron chi connectivity index (χ3n) is 5.12. The van der Waals surface area contributed by atoms with E-state index in [1.807, 2.05) is 0 Å². The van der Waals surface area contributed by atoms with E-state index in [1.54, 1.807) is 13.0 Å². The minimum atomic E-state index is -4.78. The Morgan fingerprint density at radius 3 is 2.38 bits per heavy atom. The first-order valence-electron chi connectivity index (χ1n) is 9.87. The third kappa shape index (κ3) is 5.74. The number of hydrogen-bond acceptors (Lipinski definition) is 5. The second-order valence-corrected chi connectivity index (χ2v) is 7.59. The van der Waals surface area contributed by atoms with Crippen LogP contribution in [0.5, 0.6) is 0 Å². The maximum absolute atomic E-state index is 13.3. The van der Waals surface area contributed by atoms with E-state index in [0.717, 1.165) is 24.1 Å². The number of hydrogen-bond donors (Lipinski definition) is 1. The fraction of sp³-hybridized carbons (Fsp3) is 0.318. The number of nitrogens with two attached hydrogens (primary N) is 1. The average molecular weight is 486 g/mol. The Hall–Kier alpha value is -3.41. The number of alkyl halides is 6. The van der Waals surface area contributed by atoms with E-state index < -0.39 is 43.0 Å². The molecule has 0 fully saturated rings. The highest BCUT2D eigenvalue weighted by atomic mass is 19.4. The zero-order chi connectivity index (χ0) is 25.3. The molecule has 0 aliphatic carbocycles. The number of aromatic nitrogens is 2. The summed E-state index contributed by atoms with van der Waals surface area (Å²) >= 11 is 0. The molecule has 0 saturated carbocycles. The first-order chi connectivity index (χ1) is 15.8. The molecular formula is C22H20F6N4O2. The van der Waals surface area contributed by atoms with Crippen molar-refractivity contribution in [3.63, 3.8) is 0 Å². The first kappa shape index (κ1) is 25.2. The molecule has 0 spiro atoms. The third-order valence-corrected chi connectivity index (χ3v) is 5.12. The summed E-state index contributed by atoms with van der Waals surface area (Å²) in [7, 11) is 0.853. The number of nitrogen functional groups attached to an aromatic ring is 1. The predicted octanol–water partition coefficient (Wildman–Crippen LogP) is 4.76. The predicted molar refractivity (Wildman–Crippen MR) is 112 cm³/mol. The van der Waals surface area contributed by atoms with Gasteiger partial charge >= 0.3 is 12.4 Å². The number of carbonyl (C=O) groups is 1. The number of halogens is 6. The van der Waals surface area contributed by atoms with E-state index in [-0.39, 0.29) is 11.3 Å². The lowest BCUT2D eigenvalue weighted by molar-refractivity contribution is -0.215. The highest BCUT2D eigenvalue weighted by Gasteiger charge is 2.42.